The van der Waals surface area contributed by atoms with E-state index in [1.807, 2.05) is 35.2 Å². The van der Waals surface area contributed by atoms with Crippen molar-refractivity contribution in [2.24, 2.45) is 11.7 Å². The van der Waals surface area contributed by atoms with Crippen molar-refractivity contribution in [2.75, 3.05) is 19.6 Å². The molecule has 3 heteroatoms. The second-order valence-electron chi connectivity index (χ2n) is 5.21. The molecule has 1 aromatic rings. The highest BCUT2D eigenvalue weighted by Crippen LogP contribution is 2.22. The number of rotatable bonds is 3. The van der Waals surface area contributed by atoms with Crippen molar-refractivity contribution in [1.82, 2.24) is 4.90 Å². The van der Waals surface area contributed by atoms with Crippen LogP contribution in [0, 0.1) is 5.92 Å². The molecular formula is C15H22N2O. The van der Waals surface area contributed by atoms with E-state index in [0.29, 0.717) is 6.54 Å². The minimum atomic E-state index is -0.181. The quantitative estimate of drug-likeness (QED) is 0.886. The summed E-state index contributed by atoms with van der Waals surface area (Å²) in [6, 6.07) is 9.86. The zero-order valence-electron chi connectivity index (χ0n) is 11.0. The molecule has 0 saturated carbocycles. The van der Waals surface area contributed by atoms with Crippen molar-refractivity contribution >= 4 is 5.91 Å². The van der Waals surface area contributed by atoms with Crippen molar-refractivity contribution in [1.29, 1.82) is 0 Å². The summed E-state index contributed by atoms with van der Waals surface area (Å²) in [5.74, 6) is 0.748. The van der Waals surface area contributed by atoms with E-state index in [2.05, 4.69) is 6.92 Å². The van der Waals surface area contributed by atoms with E-state index in [-0.39, 0.29) is 11.8 Å². The Hall–Kier alpha value is -1.35. The van der Waals surface area contributed by atoms with E-state index >= 15 is 0 Å². The topological polar surface area (TPSA) is 46.3 Å². The summed E-state index contributed by atoms with van der Waals surface area (Å²) >= 11 is 0. The molecule has 0 radical (unpaired) electrons. The number of piperidine rings is 1. The highest BCUT2D eigenvalue weighted by atomic mass is 16.2. The monoisotopic (exact) mass is 246 g/mol. The molecule has 0 bridgehead atoms. The number of benzene rings is 1. The number of hydrogen-bond donors (Lipinski definition) is 1. The standard InChI is InChI=1S/C15H22N2O/c1-12-7-9-17(10-8-12)15(18)14(11-16)13-5-3-2-4-6-13/h2-6,12,14H,7-11,16H2,1H3. The molecule has 1 amide bonds. The minimum absolute atomic E-state index is 0.181. The molecule has 1 heterocycles. The average molecular weight is 246 g/mol. The molecule has 2 N–H and O–H groups in total. The molecule has 18 heavy (non-hydrogen) atoms. The third-order valence-electron chi connectivity index (χ3n) is 3.83. The van der Waals surface area contributed by atoms with Crippen molar-refractivity contribution in [2.45, 2.75) is 25.7 Å². The summed E-state index contributed by atoms with van der Waals surface area (Å²) in [6.07, 6.45) is 2.22. The molecular weight excluding hydrogens is 224 g/mol. The molecule has 0 aliphatic carbocycles. The molecule has 0 spiro atoms. The van der Waals surface area contributed by atoms with Gasteiger partial charge in [-0.15, -0.1) is 0 Å². The van der Waals surface area contributed by atoms with Gasteiger partial charge in [0.05, 0.1) is 5.92 Å². The maximum atomic E-state index is 12.5. The highest BCUT2D eigenvalue weighted by molar-refractivity contribution is 5.84. The predicted octanol–water partition coefficient (Wildman–Crippen LogP) is 1.99. The average Bonchev–Trinajstić information content (AvgIpc) is 2.41. The smallest absolute Gasteiger partial charge is 0.231 e. The molecule has 3 nitrogen and oxygen atoms in total. The molecule has 2 rings (SSSR count). The van der Waals surface area contributed by atoms with Crippen molar-refractivity contribution in [3.05, 3.63) is 35.9 Å². The van der Waals surface area contributed by atoms with E-state index in [1.165, 1.54) is 0 Å². The van der Waals surface area contributed by atoms with E-state index in [4.69, 9.17) is 5.73 Å². The Kier molecular flexibility index (Phi) is 4.37. The first-order valence-electron chi connectivity index (χ1n) is 6.76. The number of amides is 1. The second kappa shape index (κ2) is 6.01. The van der Waals surface area contributed by atoms with Crippen LogP contribution >= 0.6 is 0 Å². The molecule has 1 saturated heterocycles. The van der Waals surface area contributed by atoms with Gasteiger partial charge in [0.25, 0.3) is 0 Å². The lowest BCUT2D eigenvalue weighted by Crippen LogP contribution is -2.42. The van der Waals surface area contributed by atoms with Gasteiger partial charge in [0.1, 0.15) is 0 Å². The summed E-state index contributed by atoms with van der Waals surface area (Å²) in [5.41, 5.74) is 6.82. The maximum absolute atomic E-state index is 12.5. The van der Waals surface area contributed by atoms with E-state index in [1.54, 1.807) is 0 Å². The fraction of sp³-hybridized carbons (Fsp3) is 0.533. The van der Waals surface area contributed by atoms with Crippen LogP contribution in [0.5, 0.6) is 0 Å². The van der Waals surface area contributed by atoms with Crippen LogP contribution in [0.4, 0.5) is 0 Å². The molecule has 1 aliphatic rings. The fourth-order valence-corrected chi connectivity index (χ4v) is 2.51. The van der Waals surface area contributed by atoms with Gasteiger partial charge in [0, 0.05) is 19.6 Å². The Labute approximate surface area is 109 Å². The van der Waals surface area contributed by atoms with Gasteiger partial charge >= 0.3 is 0 Å². The van der Waals surface area contributed by atoms with Gasteiger partial charge in [0.15, 0.2) is 0 Å². The van der Waals surface area contributed by atoms with Gasteiger partial charge in [0.2, 0.25) is 5.91 Å². The molecule has 1 aromatic carbocycles. The van der Waals surface area contributed by atoms with Gasteiger partial charge in [-0.05, 0) is 24.3 Å². The number of nitrogens with two attached hydrogens (primary N) is 1. The van der Waals surface area contributed by atoms with Gasteiger partial charge < -0.3 is 10.6 Å². The van der Waals surface area contributed by atoms with Crippen LogP contribution in [0.15, 0.2) is 30.3 Å². The summed E-state index contributed by atoms with van der Waals surface area (Å²) in [4.78, 5) is 14.5. The van der Waals surface area contributed by atoms with Crippen LogP contribution in [0.25, 0.3) is 0 Å². The van der Waals surface area contributed by atoms with Crippen LogP contribution in [0.3, 0.4) is 0 Å². The molecule has 98 valence electrons. The molecule has 1 aliphatic heterocycles. The fourth-order valence-electron chi connectivity index (χ4n) is 2.51. The van der Waals surface area contributed by atoms with E-state index in [0.717, 1.165) is 37.4 Å². The normalized spacial score (nSPS) is 18.7. The summed E-state index contributed by atoms with van der Waals surface area (Å²) in [6.45, 7) is 4.39. The number of carbonyl (C=O) groups is 1. The maximum Gasteiger partial charge on any atom is 0.231 e. The van der Waals surface area contributed by atoms with Crippen LogP contribution in [0.2, 0.25) is 0 Å². The van der Waals surface area contributed by atoms with Crippen molar-refractivity contribution in [3.8, 4) is 0 Å². The second-order valence-corrected chi connectivity index (χ2v) is 5.21. The number of hydrogen-bond acceptors (Lipinski definition) is 2. The Morgan fingerprint density at radius 2 is 1.94 bits per heavy atom. The van der Waals surface area contributed by atoms with Gasteiger partial charge in [-0.25, -0.2) is 0 Å². The summed E-state index contributed by atoms with van der Waals surface area (Å²) < 4.78 is 0. The first kappa shape index (κ1) is 13.1. The molecule has 1 atom stereocenters. The largest absolute Gasteiger partial charge is 0.342 e. The van der Waals surface area contributed by atoms with Crippen molar-refractivity contribution in [3.63, 3.8) is 0 Å². The minimum Gasteiger partial charge on any atom is -0.342 e. The van der Waals surface area contributed by atoms with Gasteiger partial charge in [-0.1, -0.05) is 37.3 Å². The van der Waals surface area contributed by atoms with Crippen LogP contribution < -0.4 is 5.73 Å². The Morgan fingerprint density at radius 3 is 2.50 bits per heavy atom. The summed E-state index contributed by atoms with van der Waals surface area (Å²) in [7, 11) is 0. The lowest BCUT2D eigenvalue weighted by molar-refractivity contribution is -0.133. The zero-order valence-corrected chi connectivity index (χ0v) is 11.0. The Bertz CT molecular complexity index is 383. The number of nitrogens with zero attached hydrogens (tertiary/aromatic N) is 1. The lowest BCUT2D eigenvalue weighted by Gasteiger charge is -2.33. The van der Waals surface area contributed by atoms with E-state index < -0.39 is 0 Å². The first-order valence-corrected chi connectivity index (χ1v) is 6.76. The third kappa shape index (κ3) is 2.91. The zero-order chi connectivity index (χ0) is 13.0. The van der Waals surface area contributed by atoms with E-state index in [9.17, 15) is 4.79 Å². The predicted molar refractivity (Wildman–Crippen MR) is 73.2 cm³/mol. The SMILES string of the molecule is CC1CCN(C(=O)C(CN)c2ccccc2)CC1. The molecule has 0 aromatic heterocycles. The highest BCUT2D eigenvalue weighted by Gasteiger charge is 2.27. The number of likely N-dealkylation sites (tertiary alicyclic amines) is 1. The number of carbonyl (C=O) groups excluding carboxylic acids is 1. The first-order chi connectivity index (χ1) is 8.72. The molecule has 1 unspecified atom stereocenters. The third-order valence-corrected chi connectivity index (χ3v) is 3.83. The van der Waals surface area contributed by atoms with Crippen LogP contribution in [-0.2, 0) is 4.79 Å². The lowest BCUT2D eigenvalue weighted by atomic mass is 9.94. The Balaban J connectivity index is 2.06. The van der Waals surface area contributed by atoms with Gasteiger partial charge in [-0.2, -0.15) is 0 Å². The van der Waals surface area contributed by atoms with Crippen LogP contribution in [-0.4, -0.2) is 30.4 Å². The van der Waals surface area contributed by atoms with Crippen LogP contribution in [0.1, 0.15) is 31.2 Å². The van der Waals surface area contributed by atoms with Gasteiger partial charge in [-0.3, -0.25) is 4.79 Å². The molecule has 1 fully saturated rings. The summed E-state index contributed by atoms with van der Waals surface area (Å²) in [5, 5.41) is 0. The van der Waals surface area contributed by atoms with Crippen molar-refractivity contribution < 1.29 is 4.79 Å². The Morgan fingerprint density at radius 1 is 1.33 bits per heavy atom.